The van der Waals surface area contributed by atoms with Gasteiger partial charge in [0.15, 0.2) is 0 Å². The lowest BCUT2D eigenvalue weighted by Crippen LogP contribution is -2.36. The number of ether oxygens (including phenoxy) is 2. The number of amides is 1. The summed E-state index contributed by atoms with van der Waals surface area (Å²) < 4.78 is 11.7. The van der Waals surface area contributed by atoms with E-state index in [1.54, 1.807) is 12.0 Å². The fraction of sp³-hybridized carbons (Fsp3) is 0.600. The van der Waals surface area contributed by atoms with Crippen LogP contribution in [-0.4, -0.2) is 55.3 Å². The molecule has 0 unspecified atom stereocenters. The van der Waals surface area contributed by atoms with Gasteiger partial charge in [-0.15, -0.1) is 0 Å². The second-order valence-electron chi connectivity index (χ2n) is 5.14. The predicted molar refractivity (Wildman–Crippen MR) is 77.1 cm³/mol. The van der Waals surface area contributed by atoms with Crippen molar-refractivity contribution in [3.05, 3.63) is 24.0 Å². The summed E-state index contributed by atoms with van der Waals surface area (Å²) in [6.07, 6.45) is 4.38. The number of nitrogens with zero attached hydrogens (tertiary/aromatic N) is 2. The summed E-state index contributed by atoms with van der Waals surface area (Å²) in [7, 11) is 2.94. The highest BCUT2D eigenvalue weighted by molar-refractivity contribution is 5.93. The van der Waals surface area contributed by atoms with Crippen LogP contribution in [0.25, 0.3) is 0 Å². The Bertz CT molecular complexity index is 494. The molecule has 1 aromatic heterocycles. The quantitative estimate of drug-likeness (QED) is 0.681. The van der Waals surface area contributed by atoms with Gasteiger partial charge in [-0.05, 0) is 25.0 Å². The van der Waals surface area contributed by atoms with Crippen molar-refractivity contribution in [2.75, 3.05) is 33.9 Å². The molecule has 1 amide bonds. The van der Waals surface area contributed by atoms with Crippen molar-refractivity contribution < 1.29 is 19.1 Å². The van der Waals surface area contributed by atoms with Crippen LogP contribution in [0, 0.1) is 0 Å². The second-order valence-corrected chi connectivity index (χ2v) is 5.14. The van der Waals surface area contributed by atoms with Gasteiger partial charge >= 0.3 is 5.97 Å². The highest BCUT2D eigenvalue weighted by atomic mass is 16.5. The minimum absolute atomic E-state index is 0.0622. The normalized spacial score (nSPS) is 14.0. The number of hydrogen-bond donors (Lipinski definition) is 0. The van der Waals surface area contributed by atoms with E-state index in [1.807, 2.05) is 22.9 Å². The molecule has 1 fully saturated rings. The van der Waals surface area contributed by atoms with E-state index in [2.05, 4.69) is 4.74 Å². The fourth-order valence-corrected chi connectivity index (χ4v) is 2.25. The molecule has 0 bridgehead atoms. The van der Waals surface area contributed by atoms with E-state index in [9.17, 15) is 9.59 Å². The summed E-state index contributed by atoms with van der Waals surface area (Å²) in [4.78, 5) is 25.6. The Balaban J connectivity index is 2.05. The van der Waals surface area contributed by atoms with Crippen molar-refractivity contribution in [1.29, 1.82) is 0 Å². The first-order valence-electron chi connectivity index (χ1n) is 7.19. The van der Waals surface area contributed by atoms with Gasteiger partial charge in [0.1, 0.15) is 5.69 Å². The van der Waals surface area contributed by atoms with E-state index in [0.29, 0.717) is 31.4 Å². The van der Waals surface area contributed by atoms with Crippen LogP contribution in [0.1, 0.15) is 35.8 Å². The molecule has 116 valence electrons. The van der Waals surface area contributed by atoms with E-state index >= 15 is 0 Å². The summed E-state index contributed by atoms with van der Waals surface area (Å²) in [5, 5.41) is 0. The number of hydrogen-bond acceptors (Lipinski definition) is 4. The van der Waals surface area contributed by atoms with Crippen LogP contribution < -0.4 is 0 Å². The number of esters is 1. The number of carbonyl (C=O) groups excluding carboxylic acids is 2. The molecule has 1 saturated carbocycles. The van der Waals surface area contributed by atoms with Crippen LogP contribution in [0.3, 0.4) is 0 Å². The maximum atomic E-state index is 12.7. The second kappa shape index (κ2) is 7.26. The molecule has 0 N–H and O–H groups in total. The number of rotatable bonds is 8. The van der Waals surface area contributed by atoms with E-state index < -0.39 is 0 Å². The van der Waals surface area contributed by atoms with Crippen molar-refractivity contribution in [3.8, 4) is 0 Å². The van der Waals surface area contributed by atoms with Crippen LogP contribution in [-0.2, 0) is 14.3 Å². The van der Waals surface area contributed by atoms with Gasteiger partial charge < -0.3 is 18.9 Å². The molecule has 0 radical (unpaired) electrons. The standard InChI is InChI=1S/C15H22N2O4/c1-20-11-10-16(9-7-14(18)21-2)15(19)13-4-3-8-17(13)12-5-6-12/h3-4,8,12H,5-7,9-11H2,1-2H3. The van der Waals surface area contributed by atoms with Crippen LogP contribution in [0.15, 0.2) is 18.3 Å². The maximum absolute atomic E-state index is 12.7. The number of aromatic nitrogens is 1. The molecule has 1 aliphatic rings. The molecule has 6 heteroatoms. The van der Waals surface area contributed by atoms with Crippen molar-refractivity contribution in [2.45, 2.75) is 25.3 Å². The summed E-state index contributed by atoms with van der Waals surface area (Å²) >= 11 is 0. The first-order chi connectivity index (χ1) is 10.2. The fourth-order valence-electron chi connectivity index (χ4n) is 2.25. The maximum Gasteiger partial charge on any atom is 0.307 e. The number of methoxy groups -OCH3 is 2. The Labute approximate surface area is 124 Å². The van der Waals surface area contributed by atoms with Crippen molar-refractivity contribution in [2.24, 2.45) is 0 Å². The Morgan fingerprint density at radius 2 is 2.10 bits per heavy atom. The van der Waals surface area contributed by atoms with Crippen LogP contribution in [0.2, 0.25) is 0 Å². The van der Waals surface area contributed by atoms with Crippen molar-refractivity contribution >= 4 is 11.9 Å². The van der Waals surface area contributed by atoms with Gasteiger partial charge in [0.2, 0.25) is 0 Å². The summed E-state index contributed by atoms with van der Waals surface area (Å²) in [6.45, 7) is 1.24. The molecule has 0 aliphatic heterocycles. The molecule has 0 spiro atoms. The average molecular weight is 294 g/mol. The first kappa shape index (κ1) is 15.6. The SMILES string of the molecule is COCCN(CCC(=O)OC)C(=O)c1cccn1C1CC1. The van der Waals surface area contributed by atoms with Crippen molar-refractivity contribution in [1.82, 2.24) is 9.47 Å². The molecule has 21 heavy (non-hydrogen) atoms. The Kier molecular flexibility index (Phi) is 5.38. The minimum atomic E-state index is -0.317. The molecule has 6 nitrogen and oxygen atoms in total. The third-order valence-electron chi connectivity index (χ3n) is 3.60. The molecule has 2 rings (SSSR count). The minimum Gasteiger partial charge on any atom is -0.469 e. The van der Waals surface area contributed by atoms with Gasteiger partial charge in [0.25, 0.3) is 5.91 Å². The van der Waals surface area contributed by atoms with E-state index in [0.717, 1.165) is 12.8 Å². The van der Waals surface area contributed by atoms with E-state index in [4.69, 9.17) is 4.74 Å². The van der Waals surface area contributed by atoms with Gasteiger partial charge in [0, 0.05) is 32.4 Å². The van der Waals surface area contributed by atoms with Gasteiger partial charge in [-0.1, -0.05) is 0 Å². The summed E-state index contributed by atoms with van der Waals surface area (Å²) in [5.74, 6) is -0.379. The molecular weight excluding hydrogens is 272 g/mol. The Hall–Kier alpha value is -1.82. The summed E-state index contributed by atoms with van der Waals surface area (Å²) in [6, 6.07) is 4.17. The lowest BCUT2D eigenvalue weighted by molar-refractivity contribution is -0.140. The molecule has 0 atom stereocenters. The molecule has 0 aromatic carbocycles. The van der Waals surface area contributed by atoms with Gasteiger partial charge in [-0.25, -0.2) is 0 Å². The third kappa shape index (κ3) is 4.07. The zero-order valence-electron chi connectivity index (χ0n) is 12.6. The molecule has 1 aliphatic carbocycles. The summed E-state index contributed by atoms with van der Waals surface area (Å²) in [5.41, 5.74) is 0.679. The topological polar surface area (TPSA) is 60.8 Å². The molecule has 0 saturated heterocycles. The monoisotopic (exact) mass is 294 g/mol. The highest BCUT2D eigenvalue weighted by Gasteiger charge is 2.28. The first-order valence-corrected chi connectivity index (χ1v) is 7.19. The zero-order chi connectivity index (χ0) is 15.2. The third-order valence-corrected chi connectivity index (χ3v) is 3.60. The van der Waals surface area contributed by atoms with Gasteiger partial charge in [-0.2, -0.15) is 0 Å². The largest absolute Gasteiger partial charge is 0.469 e. The predicted octanol–water partition coefficient (Wildman–Crippen LogP) is 1.47. The van der Waals surface area contributed by atoms with Crippen LogP contribution in [0.5, 0.6) is 0 Å². The van der Waals surface area contributed by atoms with Crippen LogP contribution >= 0.6 is 0 Å². The van der Waals surface area contributed by atoms with Crippen molar-refractivity contribution in [3.63, 3.8) is 0 Å². The van der Waals surface area contributed by atoms with Gasteiger partial charge in [0.05, 0.1) is 20.1 Å². The molecule has 1 heterocycles. The smallest absolute Gasteiger partial charge is 0.307 e. The van der Waals surface area contributed by atoms with E-state index in [1.165, 1.54) is 7.11 Å². The van der Waals surface area contributed by atoms with Crippen LogP contribution in [0.4, 0.5) is 0 Å². The van der Waals surface area contributed by atoms with Gasteiger partial charge in [-0.3, -0.25) is 9.59 Å². The lowest BCUT2D eigenvalue weighted by atomic mass is 10.3. The molecule has 1 aromatic rings. The van der Waals surface area contributed by atoms with E-state index in [-0.39, 0.29) is 18.3 Å². The lowest BCUT2D eigenvalue weighted by Gasteiger charge is -2.22. The number of carbonyl (C=O) groups is 2. The zero-order valence-corrected chi connectivity index (χ0v) is 12.6. The highest BCUT2D eigenvalue weighted by Crippen LogP contribution is 2.36. The Morgan fingerprint density at radius 3 is 2.71 bits per heavy atom. The average Bonchev–Trinajstić information content (AvgIpc) is 3.23. The molecular formula is C15H22N2O4. The Morgan fingerprint density at radius 1 is 1.33 bits per heavy atom.